The van der Waals surface area contributed by atoms with E-state index in [1.165, 1.54) is 7.05 Å². The molecule has 72 valence electrons. The van der Waals surface area contributed by atoms with E-state index in [9.17, 15) is 14.4 Å². The largest absolute Gasteiger partial charge is 0.478 e. The van der Waals surface area contributed by atoms with Crippen LogP contribution < -0.4 is 11.1 Å². The van der Waals surface area contributed by atoms with E-state index in [0.717, 1.165) is 6.08 Å². The van der Waals surface area contributed by atoms with E-state index in [4.69, 9.17) is 10.8 Å². The zero-order valence-electron chi connectivity index (χ0n) is 7.03. The van der Waals surface area contributed by atoms with Gasteiger partial charge in [-0.05, 0) is 0 Å². The maximum Gasteiger partial charge on any atom is 0.332 e. The molecule has 0 aromatic heterocycles. The van der Waals surface area contributed by atoms with E-state index >= 15 is 0 Å². The number of hydrogen-bond donors (Lipinski definition) is 3. The van der Waals surface area contributed by atoms with Crippen molar-refractivity contribution in [2.45, 2.75) is 6.42 Å². The van der Waals surface area contributed by atoms with Crippen LogP contribution in [0.1, 0.15) is 6.42 Å². The van der Waals surface area contributed by atoms with Gasteiger partial charge in [0.1, 0.15) is 0 Å². The Balaban J connectivity index is 4.54. The molecule has 0 radical (unpaired) electrons. The number of nitrogens with two attached hydrogens (primary N) is 1. The molecule has 0 aromatic rings. The standard InChI is InChI=1S/C7H10N2O4/c1-9-6(11)3-4(7(12)13)2-5(8)10/h2H,3H2,1H3,(H2,8,10)(H,9,11)(H,12,13)/b4-2+. The fraction of sp³-hybridized carbons (Fsp3) is 0.286. The summed E-state index contributed by atoms with van der Waals surface area (Å²) in [5, 5.41) is 10.7. The van der Waals surface area contributed by atoms with Gasteiger partial charge in [0.15, 0.2) is 0 Å². The normalized spacial score (nSPS) is 10.7. The zero-order chi connectivity index (χ0) is 10.4. The van der Waals surface area contributed by atoms with Crippen LogP contribution in [0.2, 0.25) is 0 Å². The molecule has 0 spiro atoms. The maximum absolute atomic E-state index is 10.7. The first-order valence-electron chi connectivity index (χ1n) is 3.41. The second kappa shape index (κ2) is 4.91. The van der Waals surface area contributed by atoms with Crippen LogP contribution in [0.15, 0.2) is 11.6 Å². The number of primary amides is 1. The number of hydrogen-bond acceptors (Lipinski definition) is 3. The number of amides is 2. The Morgan fingerprint density at radius 2 is 2.00 bits per heavy atom. The van der Waals surface area contributed by atoms with Gasteiger partial charge in [-0.1, -0.05) is 0 Å². The summed E-state index contributed by atoms with van der Waals surface area (Å²) in [6, 6.07) is 0. The predicted molar refractivity (Wildman–Crippen MR) is 43.6 cm³/mol. The van der Waals surface area contributed by atoms with Crippen LogP contribution in [0.25, 0.3) is 0 Å². The lowest BCUT2D eigenvalue weighted by molar-refractivity contribution is -0.134. The third-order valence-corrected chi connectivity index (χ3v) is 1.22. The molecule has 0 fully saturated rings. The number of carboxylic acid groups (broad SMARTS) is 1. The van der Waals surface area contributed by atoms with Crippen molar-refractivity contribution in [3.05, 3.63) is 11.6 Å². The molecule has 6 nitrogen and oxygen atoms in total. The van der Waals surface area contributed by atoms with E-state index in [1.54, 1.807) is 0 Å². The van der Waals surface area contributed by atoms with Gasteiger partial charge in [-0.2, -0.15) is 0 Å². The van der Waals surface area contributed by atoms with E-state index in [1.807, 2.05) is 0 Å². The van der Waals surface area contributed by atoms with Crippen molar-refractivity contribution < 1.29 is 19.5 Å². The van der Waals surface area contributed by atoms with Crippen molar-refractivity contribution in [3.8, 4) is 0 Å². The van der Waals surface area contributed by atoms with Crippen molar-refractivity contribution in [1.29, 1.82) is 0 Å². The highest BCUT2D eigenvalue weighted by atomic mass is 16.4. The van der Waals surface area contributed by atoms with Crippen LogP contribution in [0, 0.1) is 0 Å². The molecule has 13 heavy (non-hydrogen) atoms. The summed E-state index contributed by atoms with van der Waals surface area (Å²) in [6.45, 7) is 0. The van der Waals surface area contributed by atoms with Gasteiger partial charge >= 0.3 is 5.97 Å². The average Bonchev–Trinajstić information content (AvgIpc) is 2.02. The summed E-state index contributed by atoms with van der Waals surface area (Å²) in [7, 11) is 1.37. The molecule has 4 N–H and O–H groups in total. The first-order chi connectivity index (χ1) is 5.97. The summed E-state index contributed by atoms with van der Waals surface area (Å²) in [5.41, 5.74) is 4.41. The molecule has 0 saturated heterocycles. The van der Waals surface area contributed by atoms with Gasteiger partial charge in [0.25, 0.3) is 0 Å². The van der Waals surface area contributed by atoms with Crippen molar-refractivity contribution in [2.75, 3.05) is 7.05 Å². The Hall–Kier alpha value is -1.85. The SMILES string of the molecule is CNC(=O)C/C(=C\C(N)=O)C(=O)O. The highest BCUT2D eigenvalue weighted by Gasteiger charge is 2.12. The monoisotopic (exact) mass is 186 g/mol. The van der Waals surface area contributed by atoms with Crippen molar-refractivity contribution >= 4 is 17.8 Å². The highest BCUT2D eigenvalue weighted by Crippen LogP contribution is 2.00. The molecule has 0 unspecified atom stereocenters. The molecule has 6 heteroatoms. The topological polar surface area (TPSA) is 109 Å². The Bertz CT molecular complexity index is 270. The summed E-state index contributed by atoms with van der Waals surface area (Å²) in [5.74, 6) is -2.71. The van der Waals surface area contributed by atoms with Crippen molar-refractivity contribution in [2.24, 2.45) is 5.73 Å². The van der Waals surface area contributed by atoms with Gasteiger partial charge in [-0.3, -0.25) is 9.59 Å². The van der Waals surface area contributed by atoms with Gasteiger partial charge in [0.05, 0.1) is 12.0 Å². The molecule has 0 bridgehead atoms. The van der Waals surface area contributed by atoms with Gasteiger partial charge in [-0.15, -0.1) is 0 Å². The van der Waals surface area contributed by atoms with Crippen LogP contribution in [-0.2, 0) is 14.4 Å². The lowest BCUT2D eigenvalue weighted by Crippen LogP contribution is -2.21. The smallest absolute Gasteiger partial charge is 0.332 e. The third-order valence-electron chi connectivity index (χ3n) is 1.22. The third kappa shape index (κ3) is 4.57. The number of nitrogens with one attached hydrogen (secondary N) is 1. The molecule has 0 rings (SSSR count). The first kappa shape index (κ1) is 11.2. The fourth-order valence-electron chi connectivity index (χ4n) is 0.621. The second-order valence-corrected chi connectivity index (χ2v) is 2.23. The summed E-state index contributed by atoms with van der Waals surface area (Å²) < 4.78 is 0. The fourth-order valence-corrected chi connectivity index (χ4v) is 0.621. The molecular weight excluding hydrogens is 176 g/mol. The molecular formula is C7H10N2O4. The van der Waals surface area contributed by atoms with Crippen molar-refractivity contribution in [1.82, 2.24) is 5.32 Å². The van der Waals surface area contributed by atoms with E-state index in [-0.39, 0.29) is 12.0 Å². The van der Waals surface area contributed by atoms with E-state index < -0.39 is 17.8 Å². The number of rotatable bonds is 4. The molecule has 0 aromatic carbocycles. The van der Waals surface area contributed by atoms with Crippen molar-refractivity contribution in [3.63, 3.8) is 0 Å². The summed E-state index contributed by atoms with van der Waals surface area (Å²) >= 11 is 0. The van der Waals surface area contributed by atoms with E-state index in [2.05, 4.69) is 5.32 Å². The van der Waals surface area contributed by atoms with Gasteiger partial charge in [0, 0.05) is 13.1 Å². The predicted octanol–water partition coefficient (Wildman–Crippen LogP) is -1.38. The lowest BCUT2D eigenvalue weighted by Gasteiger charge is -1.99. The molecule has 2 amide bonds. The zero-order valence-corrected chi connectivity index (χ0v) is 7.03. The number of aliphatic carboxylic acids is 1. The molecule has 0 atom stereocenters. The van der Waals surface area contributed by atoms with Crippen LogP contribution in [0.5, 0.6) is 0 Å². The molecule has 0 aliphatic rings. The molecule has 0 heterocycles. The molecule has 0 aliphatic heterocycles. The lowest BCUT2D eigenvalue weighted by atomic mass is 10.1. The minimum Gasteiger partial charge on any atom is -0.478 e. The number of carbonyl (C=O) groups excluding carboxylic acids is 2. The highest BCUT2D eigenvalue weighted by molar-refractivity contribution is 6.00. The first-order valence-corrected chi connectivity index (χ1v) is 3.41. The quantitative estimate of drug-likeness (QED) is 0.470. The summed E-state index contributed by atoms with van der Waals surface area (Å²) in [4.78, 5) is 31.5. The Morgan fingerprint density at radius 3 is 2.31 bits per heavy atom. The van der Waals surface area contributed by atoms with Gasteiger partial charge in [0.2, 0.25) is 11.8 Å². The minimum absolute atomic E-state index is 0.327. The van der Waals surface area contributed by atoms with Gasteiger partial charge < -0.3 is 16.2 Å². The molecule has 0 aliphatic carbocycles. The van der Waals surface area contributed by atoms with Crippen LogP contribution >= 0.6 is 0 Å². The number of carbonyl (C=O) groups is 3. The van der Waals surface area contributed by atoms with Crippen LogP contribution in [0.4, 0.5) is 0 Å². The number of carboxylic acids is 1. The average molecular weight is 186 g/mol. The van der Waals surface area contributed by atoms with Crippen LogP contribution in [0.3, 0.4) is 0 Å². The minimum atomic E-state index is -1.33. The Labute approximate surface area is 74.4 Å². The van der Waals surface area contributed by atoms with E-state index in [0.29, 0.717) is 0 Å². The summed E-state index contributed by atoms with van der Waals surface area (Å²) in [6.07, 6.45) is 0.354. The Kier molecular flexibility index (Phi) is 4.21. The van der Waals surface area contributed by atoms with Crippen LogP contribution in [-0.4, -0.2) is 29.9 Å². The van der Waals surface area contributed by atoms with Gasteiger partial charge in [-0.25, -0.2) is 4.79 Å². The Morgan fingerprint density at radius 1 is 1.46 bits per heavy atom. The maximum atomic E-state index is 10.7. The second-order valence-electron chi connectivity index (χ2n) is 2.23. The molecule has 0 saturated carbocycles.